The summed E-state index contributed by atoms with van der Waals surface area (Å²) in [7, 11) is -0.605. The first-order chi connectivity index (χ1) is 9.92. The van der Waals surface area contributed by atoms with Crippen LogP contribution in [0, 0.1) is 0 Å². The number of aromatic nitrogens is 2. The fourth-order valence-corrected chi connectivity index (χ4v) is 2.02. The number of alkyl halides is 3. The number of aliphatic hydroxyl groups is 1. The zero-order chi connectivity index (χ0) is 16.8. The first kappa shape index (κ1) is 17.3. The number of rotatable bonds is 4. The minimum absolute atomic E-state index is 0.0415. The molecule has 0 aliphatic carbocycles. The van der Waals surface area contributed by atoms with Crippen LogP contribution < -0.4 is 5.46 Å². The normalized spacial score (nSPS) is 22.1. The molecule has 1 aromatic heterocycles. The topological polar surface area (TPSA) is 56.5 Å². The number of hydrogen-bond donors (Lipinski definition) is 1. The maximum absolute atomic E-state index is 12.3. The summed E-state index contributed by atoms with van der Waals surface area (Å²) < 4.78 is 49.8. The molecule has 1 aliphatic heterocycles. The fraction of sp³-hybridized carbons (Fsp3) is 0.769. The van der Waals surface area contributed by atoms with Gasteiger partial charge in [0.1, 0.15) is 0 Å². The second kappa shape index (κ2) is 5.54. The van der Waals surface area contributed by atoms with Crippen molar-refractivity contribution >= 4 is 12.6 Å². The van der Waals surface area contributed by atoms with E-state index in [1.807, 2.05) is 27.7 Å². The van der Waals surface area contributed by atoms with Crippen LogP contribution in [0.5, 0.6) is 0 Å². The number of aliphatic hydroxyl groups excluding tert-OH is 1. The first-order valence-corrected chi connectivity index (χ1v) is 7.05. The van der Waals surface area contributed by atoms with Gasteiger partial charge in [0.25, 0.3) is 0 Å². The average molecular weight is 320 g/mol. The Labute approximate surface area is 127 Å². The van der Waals surface area contributed by atoms with E-state index in [-0.39, 0.29) is 6.54 Å². The number of halogens is 3. The number of hydrogen-bond acceptors (Lipinski definition) is 4. The van der Waals surface area contributed by atoms with Crippen molar-refractivity contribution in [3.63, 3.8) is 0 Å². The van der Waals surface area contributed by atoms with Crippen LogP contribution >= 0.6 is 0 Å². The molecule has 1 aliphatic rings. The molecular formula is C13H20BF3N2O3. The van der Waals surface area contributed by atoms with Crippen molar-refractivity contribution in [1.82, 2.24) is 9.78 Å². The van der Waals surface area contributed by atoms with Gasteiger partial charge in [-0.2, -0.15) is 18.3 Å². The summed E-state index contributed by atoms with van der Waals surface area (Å²) in [5.74, 6) is 0. The van der Waals surface area contributed by atoms with Gasteiger partial charge in [0.15, 0.2) is 6.10 Å². The Balaban J connectivity index is 1.98. The van der Waals surface area contributed by atoms with Crippen LogP contribution in [0.25, 0.3) is 0 Å². The Hall–Kier alpha value is -1.06. The predicted molar refractivity (Wildman–Crippen MR) is 74.6 cm³/mol. The maximum Gasteiger partial charge on any atom is 0.498 e. The second-order valence-corrected chi connectivity index (χ2v) is 6.47. The lowest BCUT2D eigenvalue weighted by molar-refractivity contribution is -0.206. The van der Waals surface area contributed by atoms with Gasteiger partial charge in [-0.25, -0.2) is 0 Å². The summed E-state index contributed by atoms with van der Waals surface area (Å²) in [6, 6.07) is 0. The molecule has 1 atom stereocenters. The average Bonchev–Trinajstić information content (AvgIpc) is 2.88. The summed E-state index contributed by atoms with van der Waals surface area (Å²) in [6.45, 7) is 7.61. The van der Waals surface area contributed by atoms with E-state index in [4.69, 9.17) is 14.4 Å². The Bertz CT molecular complexity index is 515. The summed E-state index contributed by atoms with van der Waals surface area (Å²) in [5, 5.41) is 13.0. The highest BCUT2D eigenvalue weighted by Gasteiger charge is 2.52. The molecular weight excluding hydrogens is 300 g/mol. The van der Waals surface area contributed by atoms with Crippen molar-refractivity contribution < 1.29 is 27.6 Å². The smallest absolute Gasteiger partial charge is 0.399 e. The molecule has 0 radical (unpaired) electrons. The molecule has 2 rings (SSSR count). The van der Waals surface area contributed by atoms with E-state index in [0.717, 1.165) is 0 Å². The number of aryl methyl sites for hydroxylation is 1. The highest BCUT2D eigenvalue weighted by atomic mass is 19.4. The van der Waals surface area contributed by atoms with E-state index < -0.39 is 37.0 Å². The summed E-state index contributed by atoms with van der Waals surface area (Å²) in [6.07, 6.45) is -4.33. The third-order valence-electron chi connectivity index (χ3n) is 4.19. The fourth-order valence-electron chi connectivity index (χ4n) is 2.02. The Morgan fingerprint density at radius 3 is 2.32 bits per heavy atom. The lowest BCUT2D eigenvalue weighted by Crippen LogP contribution is -2.41. The van der Waals surface area contributed by atoms with E-state index in [2.05, 4.69) is 5.10 Å². The largest absolute Gasteiger partial charge is 0.498 e. The van der Waals surface area contributed by atoms with Gasteiger partial charge in [-0.15, -0.1) is 0 Å². The van der Waals surface area contributed by atoms with E-state index in [0.29, 0.717) is 5.46 Å². The Kier molecular flexibility index (Phi) is 4.36. The van der Waals surface area contributed by atoms with Gasteiger partial charge in [0, 0.05) is 30.8 Å². The van der Waals surface area contributed by atoms with Crippen molar-refractivity contribution in [3.8, 4) is 0 Å². The van der Waals surface area contributed by atoms with Gasteiger partial charge >= 0.3 is 13.3 Å². The zero-order valence-corrected chi connectivity index (χ0v) is 13.0. The van der Waals surface area contributed by atoms with Gasteiger partial charge in [0.05, 0.1) is 11.2 Å². The maximum atomic E-state index is 12.3. The molecule has 5 nitrogen and oxygen atoms in total. The quantitative estimate of drug-likeness (QED) is 0.854. The van der Waals surface area contributed by atoms with Crippen LogP contribution in [0.2, 0.25) is 0 Å². The second-order valence-electron chi connectivity index (χ2n) is 6.47. The summed E-state index contributed by atoms with van der Waals surface area (Å²) in [5.41, 5.74) is -0.349. The molecule has 9 heteroatoms. The minimum atomic E-state index is -4.61. The highest BCUT2D eigenvalue weighted by molar-refractivity contribution is 6.61. The number of nitrogens with zero attached hydrogens (tertiary/aromatic N) is 2. The molecule has 0 amide bonds. The molecule has 1 aromatic rings. The molecule has 22 heavy (non-hydrogen) atoms. The van der Waals surface area contributed by atoms with Crippen molar-refractivity contribution in [2.75, 3.05) is 0 Å². The van der Waals surface area contributed by atoms with Crippen LogP contribution in [-0.4, -0.2) is 45.5 Å². The molecule has 0 spiro atoms. The lowest BCUT2D eigenvalue weighted by atomic mass is 9.82. The van der Waals surface area contributed by atoms with Crippen LogP contribution in [0.15, 0.2) is 12.4 Å². The molecule has 1 saturated heterocycles. The molecule has 1 N–H and O–H groups in total. The first-order valence-electron chi connectivity index (χ1n) is 7.05. The van der Waals surface area contributed by atoms with Crippen LogP contribution in [0.3, 0.4) is 0 Å². The summed E-state index contributed by atoms with van der Waals surface area (Å²) in [4.78, 5) is 0. The third kappa shape index (κ3) is 3.47. The third-order valence-corrected chi connectivity index (χ3v) is 4.19. The van der Waals surface area contributed by atoms with Crippen molar-refractivity contribution in [1.29, 1.82) is 0 Å². The zero-order valence-electron chi connectivity index (χ0n) is 13.0. The molecule has 0 aromatic carbocycles. The Morgan fingerprint density at radius 1 is 1.27 bits per heavy atom. The van der Waals surface area contributed by atoms with E-state index >= 15 is 0 Å². The molecule has 124 valence electrons. The molecule has 0 saturated carbocycles. The summed E-state index contributed by atoms with van der Waals surface area (Å²) >= 11 is 0. The molecule has 0 bridgehead atoms. The highest BCUT2D eigenvalue weighted by Crippen LogP contribution is 2.36. The minimum Gasteiger partial charge on any atom is -0.399 e. The van der Waals surface area contributed by atoms with E-state index in [9.17, 15) is 13.2 Å². The van der Waals surface area contributed by atoms with E-state index in [1.165, 1.54) is 10.9 Å². The monoisotopic (exact) mass is 320 g/mol. The molecule has 1 unspecified atom stereocenters. The van der Waals surface area contributed by atoms with Gasteiger partial charge < -0.3 is 14.4 Å². The van der Waals surface area contributed by atoms with Gasteiger partial charge in [-0.1, -0.05) is 0 Å². The van der Waals surface area contributed by atoms with Gasteiger partial charge in [-0.3, -0.25) is 4.68 Å². The van der Waals surface area contributed by atoms with Crippen molar-refractivity contribution in [2.24, 2.45) is 0 Å². The van der Waals surface area contributed by atoms with E-state index in [1.54, 1.807) is 6.20 Å². The van der Waals surface area contributed by atoms with Crippen molar-refractivity contribution in [3.05, 3.63) is 12.4 Å². The molecule has 1 fully saturated rings. The Morgan fingerprint density at radius 2 is 1.82 bits per heavy atom. The van der Waals surface area contributed by atoms with Crippen LogP contribution in [0.4, 0.5) is 13.2 Å². The van der Waals surface area contributed by atoms with Crippen LogP contribution in [0.1, 0.15) is 34.1 Å². The van der Waals surface area contributed by atoms with Crippen molar-refractivity contribution in [2.45, 2.75) is 64.1 Å². The lowest BCUT2D eigenvalue weighted by Gasteiger charge is -2.32. The predicted octanol–water partition coefficient (Wildman–Crippen LogP) is 1.50. The van der Waals surface area contributed by atoms with Gasteiger partial charge in [0.2, 0.25) is 0 Å². The standard InChI is InChI=1S/C13H20BF3N2O3/c1-11(2)12(3,4)22-14(21-11)9-7-18-19(8-9)6-5-10(20)13(15,16)17/h7-8,10,20H,5-6H2,1-4H3. The van der Waals surface area contributed by atoms with Crippen LogP contribution in [-0.2, 0) is 15.9 Å². The van der Waals surface area contributed by atoms with Gasteiger partial charge in [-0.05, 0) is 27.7 Å². The SMILES string of the molecule is CC1(C)OB(c2cnn(CCC(O)C(F)(F)F)c2)OC1(C)C. The molecule has 2 heterocycles.